The average molecular weight is 361 g/mol. The van der Waals surface area contributed by atoms with E-state index >= 15 is 0 Å². The van der Waals surface area contributed by atoms with Gasteiger partial charge >= 0.3 is 0 Å². The van der Waals surface area contributed by atoms with E-state index in [-0.39, 0.29) is 0 Å². The Morgan fingerprint density at radius 2 is 1.92 bits per heavy atom. The number of rotatable bonds is 5. The molecule has 26 heavy (non-hydrogen) atoms. The monoisotopic (exact) mass is 360 g/mol. The van der Waals surface area contributed by atoms with Crippen molar-refractivity contribution in [2.24, 2.45) is 16.6 Å². The van der Waals surface area contributed by atoms with Gasteiger partial charge in [-0.15, -0.1) is 0 Å². The molecule has 0 saturated carbocycles. The fraction of sp³-hybridized carbons (Fsp3) is 0.650. The zero-order chi connectivity index (χ0) is 18.5. The summed E-state index contributed by atoms with van der Waals surface area (Å²) in [6.07, 6.45) is 3.54. The number of guanidine groups is 1. The maximum Gasteiger partial charge on any atom is 0.191 e. The highest BCUT2D eigenvalue weighted by Gasteiger charge is 2.20. The molecule has 1 atom stereocenters. The van der Waals surface area contributed by atoms with Crippen LogP contribution < -0.4 is 15.2 Å². The molecule has 0 radical (unpaired) electrons. The van der Waals surface area contributed by atoms with Crippen molar-refractivity contribution in [2.45, 2.75) is 32.7 Å². The Hall–Kier alpha value is -1.95. The number of likely N-dealkylation sites (tertiary alicyclic amines) is 1. The van der Waals surface area contributed by atoms with Crippen LogP contribution in [0.2, 0.25) is 0 Å². The van der Waals surface area contributed by atoms with Crippen molar-refractivity contribution in [1.82, 2.24) is 9.80 Å². The van der Waals surface area contributed by atoms with E-state index in [1.807, 2.05) is 0 Å². The SMILES string of the molecule is COc1cc2c(cc1OC)CN(CCN=C(N)N1CCCC(C)C1)CC2. The van der Waals surface area contributed by atoms with E-state index in [0.29, 0.717) is 11.9 Å². The van der Waals surface area contributed by atoms with Crippen molar-refractivity contribution in [2.75, 3.05) is 46.9 Å². The first-order chi connectivity index (χ1) is 12.6. The van der Waals surface area contributed by atoms with Crippen LogP contribution in [0.25, 0.3) is 0 Å². The topological polar surface area (TPSA) is 63.3 Å². The molecule has 1 unspecified atom stereocenters. The number of aliphatic imine (C=N–C) groups is 1. The smallest absolute Gasteiger partial charge is 0.191 e. The summed E-state index contributed by atoms with van der Waals surface area (Å²) in [6, 6.07) is 4.21. The summed E-state index contributed by atoms with van der Waals surface area (Å²) < 4.78 is 10.8. The van der Waals surface area contributed by atoms with Gasteiger partial charge in [-0.2, -0.15) is 0 Å². The number of nitrogens with zero attached hydrogens (tertiary/aromatic N) is 3. The van der Waals surface area contributed by atoms with Crippen molar-refractivity contribution in [3.8, 4) is 11.5 Å². The Bertz CT molecular complexity index is 647. The van der Waals surface area contributed by atoms with E-state index in [1.54, 1.807) is 14.2 Å². The molecule has 2 N–H and O–H groups in total. The van der Waals surface area contributed by atoms with Crippen molar-refractivity contribution in [3.63, 3.8) is 0 Å². The quantitative estimate of drug-likeness (QED) is 0.644. The second-order valence-electron chi connectivity index (χ2n) is 7.44. The summed E-state index contributed by atoms with van der Waals surface area (Å²) in [5.74, 6) is 3.03. The maximum atomic E-state index is 6.20. The summed E-state index contributed by atoms with van der Waals surface area (Å²) in [7, 11) is 3.37. The third kappa shape index (κ3) is 4.41. The summed E-state index contributed by atoms with van der Waals surface area (Å²) in [5, 5.41) is 0. The highest BCUT2D eigenvalue weighted by molar-refractivity contribution is 5.78. The molecule has 2 heterocycles. The van der Waals surface area contributed by atoms with E-state index in [1.165, 1.54) is 24.0 Å². The molecule has 0 aromatic heterocycles. The second kappa shape index (κ2) is 8.62. The number of methoxy groups -OCH3 is 2. The second-order valence-corrected chi connectivity index (χ2v) is 7.44. The van der Waals surface area contributed by atoms with E-state index < -0.39 is 0 Å². The van der Waals surface area contributed by atoms with Gasteiger partial charge in [0, 0.05) is 32.7 Å². The van der Waals surface area contributed by atoms with Gasteiger partial charge < -0.3 is 20.1 Å². The Morgan fingerprint density at radius 1 is 1.19 bits per heavy atom. The number of hydrogen-bond donors (Lipinski definition) is 1. The van der Waals surface area contributed by atoms with Crippen molar-refractivity contribution >= 4 is 5.96 Å². The third-order valence-corrected chi connectivity index (χ3v) is 5.47. The van der Waals surface area contributed by atoms with E-state index in [2.05, 4.69) is 33.8 Å². The molecule has 0 bridgehead atoms. The molecule has 144 valence electrons. The van der Waals surface area contributed by atoms with Gasteiger partial charge in [-0.1, -0.05) is 6.92 Å². The molecular weight excluding hydrogens is 328 g/mol. The minimum absolute atomic E-state index is 0.709. The number of hydrogen-bond acceptors (Lipinski definition) is 4. The molecule has 6 heteroatoms. The fourth-order valence-electron chi connectivity index (χ4n) is 3.94. The molecule has 0 spiro atoms. The van der Waals surface area contributed by atoms with Crippen LogP contribution in [0.4, 0.5) is 0 Å². The maximum absolute atomic E-state index is 6.20. The van der Waals surface area contributed by atoms with Gasteiger partial charge in [0.1, 0.15) is 0 Å². The lowest BCUT2D eigenvalue weighted by Crippen LogP contribution is -2.44. The molecule has 1 saturated heterocycles. The lowest BCUT2D eigenvalue weighted by Gasteiger charge is -2.32. The molecule has 1 fully saturated rings. The highest BCUT2D eigenvalue weighted by atomic mass is 16.5. The molecule has 2 aliphatic heterocycles. The minimum Gasteiger partial charge on any atom is -0.493 e. The van der Waals surface area contributed by atoms with Crippen molar-refractivity contribution in [1.29, 1.82) is 0 Å². The van der Waals surface area contributed by atoms with Gasteiger partial charge in [-0.25, -0.2) is 0 Å². The van der Waals surface area contributed by atoms with Crippen LogP contribution >= 0.6 is 0 Å². The van der Waals surface area contributed by atoms with Crippen LogP contribution in [-0.2, 0) is 13.0 Å². The third-order valence-electron chi connectivity index (χ3n) is 5.47. The summed E-state index contributed by atoms with van der Waals surface area (Å²) in [4.78, 5) is 9.29. The predicted octanol–water partition coefficient (Wildman–Crippen LogP) is 2.11. The molecule has 1 aromatic carbocycles. The average Bonchev–Trinajstić information content (AvgIpc) is 2.66. The summed E-state index contributed by atoms with van der Waals surface area (Å²) >= 11 is 0. The van der Waals surface area contributed by atoms with Gasteiger partial charge in [-0.05, 0) is 48.4 Å². The van der Waals surface area contributed by atoms with Gasteiger partial charge in [0.15, 0.2) is 17.5 Å². The van der Waals surface area contributed by atoms with E-state index in [9.17, 15) is 0 Å². The van der Waals surface area contributed by atoms with E-state index in [4.69, 9.17) is 15.2 Å². The zero-order valence-corrected chi connectivity index (χ0v) is 16.3. The summed E-state index contributed by atoms with van der Waals surface area (Å²) in [6.45, 7) is 8.00. The van der Waals surface area contributed by atoms with Crippen LogP contribution in [0.15, 0.2) is 17.1 Å². The Morgan fingerprint density at radius 3 is 2.62 bits per heavy atom. The molecule has 3 rings (SSSR count). The number of piperidine rings is 1. The van der Waals surface area contributed by atoms with Gasteiger partial charge in [0.05, 0.1) is 20.8 Å². The molecule has 2 aliphatic rings. The number of benzene rings is 1. The van der Waals surface area contributed by atoms with Gasteiger partial charge in [0.25, 0.3) is 0 Å². The molecule has 0 amide bonds. The summed E-state index contributed by atoms with van der Waals surface area (Å²) in [5.41, 5.74) is 8.87. The van der Waals surface area contributed by atoms with Crippen LogP contribution in [0, 0.1) is 5.92 Å². The number of ether oxygens (including phenoxy) is 2. The largest absolute Gasteiger partial charge is 0.493 e. The lowest BCUT2D eigenvalue weighted by molar-refractivity contribution is 0.256. The number of nitrogens with two attached hydrogens (primary N) is 1. The molecule has 6 nitrogen and oxygen atoms in total. The highest BCUT2D eigenvalue weighted by Crippen LogP contribution is 2.33. The Balaban J connectivity index is 1.55. The van der Waals surface area contributed by atoms with E-state index in [0.717, 1.165) is 57.2 Å². The minimum atomic E-state index is 0.709. The molecule has 0 aliphatic carbocycles. The normalized spacial score (nSPS) is 21.4. The van der Waals surface area contributed by atoms with Crippen LogP contribution in [0.1, 0.15) is 30.9 Å². The van der Waals surface area contributed by atoms with Gasteiger partial charge in [0.2, 0.25) is 0 Å². The zero-order valence-electron chi connectivity index (χ0n) is 16.3. The Kier molecular flexibility index (Phi) is 6.25. The molecule has 1 aromatic rings. The predicted molar refractivity (Wildman–Crippen MR) is 105 cm³/mol. The van der Waals surface area contributed by atoms with Crippen LogP contribution in [-0.4, -0.2) is 62.7 Å². The van der Waals surface area contributed by atoms with Gasteiger partial charge in [-0.3, -0.25) is 9.89 Å². The molecular formula is C20H32N4O2. The number of fused-ring (bicyclic) bond motifs is 1. The van der Waals surface area contributed by atoms with Crippen LogP contribution in [0.5, 0.6) is 11.5 Å². The van der Waals surface area contributed by atoms with Crippen molar-refractivity contribution in [3.05, 3.63) is 23.3 Å². The first-order valence-corrected chi connectivity index (χ1v) is 9.61. The van der Waals surface area contributed by atoms with Crippen molar-refractivity contribution < 1.29 is 9.47 Å². The Labute approximate surface area is 157 Å². The lowest BCUT2D eigenvalue weighted by atomic mass is 9.99. The standard InChI is InChI=1S/C20H32N4O2/c1-15-5-4-8-24(13-15)20(21)22-7-10-23-9-6-16-11-18(25-2)19(26-3)12-17(16)14-23/h11-12,15H,4-10,13-14H2,1-3H3,(H2,21,22). The van der Waals surface area contributed by atoms with Crippen LogP contribution in [0.3, 0.4) is 0 Å². The fourth-order valence-corrected chi connectivity index (χ4v) is 3.94. The first kappa shape index (κ1) is 18.8. The first-order valence-electron chi connectivity index (χ1n) is 9.61.